The molecule has 0 radical (unpaired) electrons. The van der Waals surface area contributed by atoms with Crippen LogP contribution in [-0.4, -0.2) is 37.4 Å². The molecule has 0 bridgehead atoms. The molecule has 82 valence electrons. The minimum atomic E-state index is -0.473. The van der Waals surface area contributed by atoms with Crippen LogP contribution in [0.1, 0.15) is 19.3 Å². The zero-order valence-electron chi connectivity index (χ0n) is 8.82. The highest BCUT2D eigenvalue weighted by Gasteiger charge is 2.17. The van der Waals surface area contributed by atoms with Gasteiger partial charge in [-0.1, -0.05) is 0 Å². The largest absolute Gasteiger partial charge is 0.370 e. The molecule has 0 saturated carbocycles. The van der Waals surface area contributed by atoms with Crippen molar-refractivity contribution < 1.29 is 9.59 Å². The number of rotatable bonds is 7. The van der Waals surface area contributed by atoms with Crippen LogP contribution < -0.4 is 11.5 Å². The first-order valence-corrected chi connectivity index (χ1v) is 4.65. The zero-order chi connectivity index (χ0) is 11.1. The Hall–Kier alpha value is -1.10. The number of amides is 2. The quantitative estimate of drug-likeness (QED) is 0.571. The summed E-state index contributed by atoms with van der Waals surface area (Å²) in [4.78, 5) is 23.5. The van der Waals surface area contributed by atoms with E-state index in [2.05, 4.69) is 0 Å². The molecule has 2 amide bonds. The standard InChI is InChI=1S/C9H19N3O2/c1-12(2)5-3-4-7(9(11)14)6-8(10)13/h7H,3-6H2,1-2H3,(H2,10,13)(H2,11,14). The minimum Gasteiger partial charge on any atom is -0.370 e. The van der Waals surface area contributed by atoms with Crippen LogP contribution in [0.25, 0.3) is 0 Å². The molecule has 0 aromatic rings. The van der Waals surface area contributed by atoms with Crippen LogP contribution >= 0.6 is 0 Å². The Bertz CT molecular complexity index is 204. The molecule has 0 aromatic carbocycles. The van der Waals surface area contributed by atoms with Gasteiger partial charge in [-0.3, -0.25) is 9.59 Å². The molecule has 0 saturated heterocycles. The molecular formula is C9H19N3O2. The Labute approximate surface area is 84.4 Å². The maximum atomic E-state index is 10.9. The van der Waals surface area contributed by atoms with Crippen LogP contribution in [0.4, 0.5) is 0 Å². The first kappa shape index (κ1) is 12.9. The van der Waals surface area contributed by atoms with Gasteiger partial charge in [-0.15, -0.1) is 0 Å². The summed E-state index contributed by atoms with van der Waals surface area (Å²) in [6.07, 6.45) is 1.52. The number of carbonyl (C=O) groups is 2. The highest BCUT2D eigenvalue weighted by atomic mass is 16.2. The fourth-order valence-electron chi connectivity index (χ4n) is 1.24. The van der Waals surface area contributed by atoms with Crippen molar-refractivity contribution in [2.45, 2.75) is 19.3 Å². The van der Waals surface area contributed by atoms with Gasteiger partial charge in [0.25, 0.3) is 0 Å². The predicted molar refractivity (Wildman–Crippen MR) is 54.3 cm³/mol. The third-order valence-corrected chi connectivity index (χ3v) is 2.01. The van der Waals surface area contributed by atoms with Crippen LogP contribution in [0.2, 0.25) is 0 Å². The lowest BCUT2D eigenvalue weighted by atomic mass is 9.98. The van der Waals surface area contributed by atoms with Crippen molar-refractivity contribution in [3.63, 3.8) is 0 Å². The number of nitrogens with two attached hydrogens (primary N) is 2. The highest BCUT2D eigenvalue weighted by molar-refractivity contribution is 5.83. The van der Waals surface area contributed by atoms with Crippen molar-refractivity contribution in [3.05, 3.63) is 0 Å². The summed E-state index contributed by atoms with van der Waals surface area (Å²) in [6, 6.07) is 0. The van der Waals surface area contributed by atoms with Crippen LogP contribution in [0.5, 0.6) is 0 Å². The van der Waals surface area contributed by atoms with Crippen molar-refractivity contribution >= 4 is 11.8 Å². The van der Waals surface area contributed by atoms with Gasteiger partial charge < -0.3 is 16.4 Å². The molecule has 0 spiro atoms. The lowest BCUT2D eigenvalue weighted by Crippen LogP contribution is -2.29. The average molecular weight is 201 g/mol. The van der Waals surface area contributed by atoms with Crippen molar-refractivity contribution in [2.24, 2.45) is 17.4 Å². The smallest absolute Gasteiger partial charge is 0.221 e. The second kappa shape index (κ2) is 6.37. The van der Waals surface area contributed by atoms with Gasteiger partial charge in [-0.25, -0.2) is 0 Å². The molecule has 1 unspecified atom stereocenters. The topological polar surface area (TPSA) is 89.4 Å². The second-order valence-electron chi connectivity index (χ2n) is 3.72. The van der Waals surface area contributed by atoms with E-state index < -0.39 is 17.7 Å². The van der Waals surface area contributed by atoms with Gasteiger partial charge in [-0.2, -0.15) is 0 Å². The van der Waals surface area contributed by atoms with Gasteiger partial charge >= 0.3 is 0 Å². The summed E-state index contributed by atoms with van der Waals surface area (Å²) in [6.45, 7) is 0.878. The third kappa shape index (κ3) is 6.42. The first-order valence-electron chi connectivity index (χ1n) is 4.65. The van der Waals surface area contributed by atoms with E-state index in [1.807, 2.05) is 19.0 Å². The van der Waals surface area contributed by atoms with Gasteiger partial charge in [0, 0.05) is 12.3 Å². The fraction of sp³-hybridized carbons (Fsp3) is 0.778. The first-order chi connectivity index (χ1) is 6.43. The molecule has 0 heterocycles. The van der Waals surface area contributed by atoms with E-state index in [4.69, 9.17) is 11.5 Å². The molecule has 0 aliphatic carbocycles. The van der Waals surface area contributed by atoms with E-state index in [0.717, 1.165) is 13.0 Å². The summed E-state index contributed by atoms with van der Waals surface area (Å²) < 4.78 is 0. The lowest BCUT2D eigenvalue weighted by Gasteiger charge is -2.13. The number of hydrogen-bond donors (Lipinski definition) is 2. The van der Waals surface area contributed by atoms with Crippen LogP contribution in [0, 0.1) is 5.92 Å². The Kier molecular flexibility index (Phi) is 5.87. The van der Waals surface area contributed by atoms with E-state index in [-0.39, 0.29) is 6.42 Å². The van der Waals surface area contributed by atoms with Gasteiger partial charge in [0.05, 0.1) is 0 Å². The molecule has 0 aromatic heterocycles. The molecule has 0 rings (SSSR count). The Morgan fingerprint density at radius 1 is 1.29 bits per heavy atom. The highest BCUT2D eigenvalue weighted by Crippen LogP contribution is 2.10. The van der Waals surface area contributed by atoms with Crippen LogP contribution in [0.15, 0.2) is 0 Å². The SMILES string of the molecule is CN(C)CCCC(CC(N)=O)C(N)=O. The maximum Gasteiger partial charge on any atom is 0.221 e. The molecule has 0 aliphatic rings. The molecule has 5 nitrogen and oxygen atoms in total. The zero-order valence-corrected chi connectivity index (χ0v) is 8.82. The number of carbonyl (C=O) groups excluding carboxylic acids is 2. The minimum absolute atomic E-state index is 0.0583. The summed E-state index contributed by atoms with van der Waals surface area (Å²) in [5.41, 5.74) is 10.1. The van der Waals surface area contributed by atoms with Crippen molar-refractivity contribution in [1.29, 1.82) is 0 Å². The van der Waals surface area contributed by atoms with Crippen molar-refractivity contribution in [3.8, 4) is 0 Å². The maximum absolute atomic E-state index is 10.9. The Balaban J connectivity index is 3.86. The van der Waals surface area contributed by atoms with Crippen molar-refractivity contribution in [2.75, 3.05) is 20.6 Å². The van der Waals surface area contributed by atoms with Gasteiger partial charge in [0.1, 0.15) is 0 Å². The molecule has 4 N–H and O–H groups in total. The molecular weight excluding hydrogens is 182 g/mol. The molecule has 0 fully saturated rings. The normalized spacial score (nSPS) is 12.8. The third-order valence-electron chi connectivity index (χ3n) is 2.01. The summed E-state index contributed by atoms with van der Waals surface area (Å²) in [7, 11) is 3.90. The monoisotopic (exact) mass is 201 g/mol. The predicted octanol–water partition coefficient (Wildman–Crippen LogP) is -0.695. The van der Waals surface area contributed by atoms with Crippen molar-refractivity contribution in [1.82, 2.24) is 4.90 Å². The van der Waals surface area contributed by atoms with E-state index in [1.165, 1.54) is 0 Å². The lowest BCUT2D eigenvalue weighted by molar-refractivity contribution is -0.127. The molecule has 1 atom stereocenters. The van der Waals surface area contributed by atoms with E-state index in [0.29, 0.717) is 6.42 Å². The number of primary amides is 2. The second-order valence-corrected chi connectivity index (χ2v) is 3.72. The summed E-state index contributed by atoms with van der Waals surface area (Å²) in [5, 5.41) is 0. The number of nitrogens with zero attached hydrogens (tertiary/aromatic N) is 1. The Morgan fingerprint density at radius 2 is 1.86 bits per heavy atom. The Morgan fingerprint density at radius 3 is 2.21 bits per heavy atom. The van der Waals surface area contributed by atoms with E-state index >= 15 is 0 Å². The van der Waals surface area contributed by atoms with E-state index in [1.54, 1.807) is 0 Å². The summed E-state index contributed by atoms with van der Waals surface area (Å²) in [5.74, 6) is -1.33. The number of hydrogen-bond acceptors (Lipinski definition) is 3. The van der Waals surface area contributed by atoms with Gasteiger partial charge in [0.2, 0.25) is 11.8 Å². The summed E-state index contributed by atoms with van der Waals surface area (Å²) >= 11 is 0. The van der Waals surface area contributed by atoms with Gasteiger partial charge in [0.15, 0.2) is 0 Å². The molecule has 5 heteroatoms. The van der Waals surface area contributed by atoms with Crippen LogP contribution in [0.3, 0.4) is 0 Å². The molecule has 0 aliphatic heterocycles. The fourth-order valence-corrected chi connectivity index (χ4v) is 1.24. The molecule has 14 heavy (non-hydrogen) atoms. The van der Waals surface area contributed by atoms with Gasteiger partial charge in [-0.05, 0) is 33.5 Å². The van der Waals surface area contributed by atoms with Crippen LogP contribution in [-0.2, 0) is 9.59 Å². The average Bonchev–Trinajstić information content (AvgIpc) is 2.00. The van der Waals surface area contributed by atoms with E-state index in [9.17, 15) is 9.59 Å².